The van der Waals surface area contributed by atoms with Gasteiger partial charge in [-0.3, -0.25) is 14.8 Å². The molecule has 0 spiro atoms. The highest BCUT2D eigenvalue weighted by Crippen LogP contribution is 2.31. The van der Waals surface area contributed by atoms with Gasteiger partial charge in [0, 0.05) is 10.9 Å². The summed E-state index contributed by atoms with van der Waals surface area (Å²) in [7, 11) is 1.59. The number of nitrogens with one attached hydrogen (secondary N) is 2. The highest BCUT2D eigenvalue weighted by atomic mass is 32.1. The molecule has 0 amide bonds. The van der Waals surface area contributed by atoms with Gasteiger partial charge in [0.15, 0.2) is 0 Å². The molecule has 0 fully saturated rings. The average molecular weight is 274 g/mol. The van der Waals surface area contributed by atoms with Crippen molar-refractivity contribution in [2.45, 2.75) is 0 Å². The number of fused-ring (bicyclic) bond motifs is 1. The van der Waals surface area contributed by atoms with E-state index in [2.05, 4.69) is 9.97 Å². The van der Waals surface area contributed by atoms with Crippen molar-refractivity contribution < 1.29 is 4.74 Å². The molecule has 0 bridgehead atoms. The van der Waals surface area contributed by atoms with E-state index in [1.165, 1.54) is 11.3 Å². The molecule has 0 unspecified atom stereocenters. The number of hydrogen-bond donors (Lipinski definition) is 2. The van der Waals surface area contributed by atoms with Gasteiger partial charge in [0.25, 0.3) is 5.56 Å². The van der Waals surface area contributed by atoms with E-state index >= 15 is 0 Å². The van der Waals surface area contributed by atoms with Crippen LogP contribution in [0.5, 0.6) is 5.75 Å². The molecule has 96 valence electrons. The van der Waals surface area contributed by atoms with Crippen molar-refractivity contribution in [3.63, 3.8) is 0 Å². The quantitative estimate of drug-likeness (QED) is 0.750. The third kappa shape index (κ3) is 1.96. The number of aromatic nitrogens is 2. The number of H-pyrrole nitrogens is 2. The standard InChI is InChI=1S/C13H10N2O3S/c1-18-8-4-2-3-7(5-8)9-6-19-12-10(9)11(16)14-13(17)15-12/h2-6H,1H3,(H2,14,15,16,17). The maximum Gasteiger partial charge on any atom is 0.326 e. The summed E-state index contributed by atoms with van der Waals surface area (Å²) in [6, 6.07) is 7.45. The Balaban J connectivity index is 2.31. The zero-order chi connectivity index (χ0) is 13.4. The maximum atomic E-state index is 11.9. The molecule has 3 aromatic rings. The number of ether oxygens (including phenoxy) is 1. The van der Waals surface area contributed by atoms with Gasteiger partial charge in [-0.2, -0.15) is 0 Å². The van der Waals surface area contributed by atoms with Crippen LogP contribution in [0.2, 0.25) is 0 Å². The second kappa shape index (κ2) is 4.40. The van der Waals surface area contributed by atoms with Crippen molar-refractivity contribution in [2.75, 3.05) is 7.11 Å². The Morgan fingerprint density at radius 2 is 2.05 bits per heavy atom. The van der Waals surface area contributed by atoms with Crippen molar-refractivity contribution in [3.05, 3.63) is 50.5 Å². The summed E-state index contributed by atoms with van der Waals surface area (Å²) >= 11 is 1.33. The Hall–Kier alpha value is -2.34. The topological polar surface area (TPSA) is 75.0 Å². The molecule has 3 rings (SSSR count). The Morgan fingerprint density at radius 1 is 1.21 bits per heavy atom. The van der Waals surface area contributed by atoms with E-state index in [0.717, 1.165) is 16.9 Å². The molecule has 0 aliphatic heterocycles. The molecule has 2 heterocycles. The number of benzene rings is 1. The largest absolute Gasteiger partial charge is 0.497 e. The molecule has 19 heavy (non-hydrogen) atoms. The molecule has 5 nitrogen and oxygen atoms in total. The first-order valence-electron chi connectivity index (χ1n) is 5.57. The lowest BCUT2D eigenvalue weighted by molar-refractivity contribution is 0.415. The van der Waals surface area contributed by atoms with Crippen LogP contribution in [-0.2, 0) is 0 Å². The summed E-state index contributed by atoms with van der Waals surface area (Å²) in [4.78, 5) is 28.6. The fraction of sp³-hybridized carbons (Fsp3) is 0.0769. The lowest BCUT2D eigenvalue weighted by Gasteiger charge is -2.03. The van der Waals surface area contributed by atoms with Gasteiger partial charge in [-0.1, -0.05) is 12.1 Å². The summed E-state index contributed by atoms with van der Waals surface area (Å²) in [6.45, 7) is 0. The van der Waals surface area contributed by atoms with Gasteiger partial charge in [-0.15, -0.1) is 11.3 Å². The van der Waals surface area contributed by atoms with E-state index in [4.69, 9.17) is 4.74 Å². The van der Waals surface area contributed by atoms with Gasteiger partial charge < -0.3 is 4.74 Å². The van der Waals surface area contributed by atoms with Crippen LogP contribution in [0.4, 0.5) is 0 Å². The van der Waals surface area contributed by atoms with E-state index in [-0.39, 0.29) is 5.56 Å². The fourth-order valence-electron chi connectivity index (χ4n) is 1.98. The SMILES string of the molecule is COc1cccc(-c2csc3[nH]c(=O)[nH]c(=O)c23)c1. The van der Waals surface area contributed by atoms with E-state index in [1.54, 1.807) is 7.11 Å². The highest BCUT2D eigenvalue weighted by molar-refractivity contribution is 7.17. The number of methoxy groups -OCH3 is 1. The first-order chi connectivity index (χ1) is 9.19. The molecular formula is C13H10N2O3S. The summed E-state index contributed by atoms with van der Waals surface area (Å²) in [6.07, 6.45) is 0. The van der Waals surface area contributed by atoms with Gasteiger partial charge in [0.05, 0.1) is 12.5 Å². The Labute approximate surface area is 111 Å². The molecule has 0 saturated heterocycles. The highest BCUT2D eigenvalue weighted by Gasteiger charge is 2.11. The zero-order valence-electron chi connectivity index (χ0n) is 10.0. The van der Waals surface area contributed by atoms with Crippen LogP contribution in [0, 0.1) is 0 Å². The summed E-state index contributed by atoms with van der Waals surface area (Å²) < 4.78 is 5.17. The summed E-state index contributed by atoms with van der Waals surface area (Å²) in [5.41, 5.74) is 0.800. The Bertz CT molecular complexity index is 860. The molecule has 1 aromatic carbocycles. The van der Waals surface area contributed by atoms with Crippen LogP contribution in [0.3, 0.4) is 0 Å². The molecule has 0 atom stereocenters. The van der Waals surface area contributed by atoms with Gasteiger partial charge in [-0.05, 0) is 17.7 Å². The molecule has 6 heteroatoms. The normalized spacial score (nSPS) is 10.8. The van der Waals surface area contributed by atoms with Crippen molar-refractivity contribution in [2.24, 2.45) is 0 Å². The second-order valence-corrected chi connectivity index (χ2v) is 4.87. The summed E-state index contributed by atoms with van der Waals surface area (Å²) in [5.74, 6) is 0.720. The average Bonchev–Trinajstić information content (AvgIpc) is 2.82. The van der Waals surface area contributed by atoms with Crippen molar-refractivity contribution in [3.8, 4) is 16.9 Å². The van der Waals surface area contributed by atoms with E-state index in [9.17, 15) is 9.59 Å². The van der Waals surface area contributed by atoms with Crippen molar-refractivity contribution in [1.29, 1.82) is 0 Å². The minimum Gasteiger partial charge on any atom is -0.497 e. The van der Waals surface area contributed by atoms with Crippen molar-refractivity contribution >= 4 is 21.6 Å². The molecule has 0 aliphatic carbocycles. The molecule has 0 saturated carbocycles. The van der Waals surface area contributed by atoms with Gasteiger partial charge in [0.1, 0.15) is 10.6 Å². The Morgan fingerprint density at radius 3 is 2.84 bits per heavy atom. The van der Waals surface area contributed by atoms with Gasteiger partial charge >= 0.3 is 5.69 Å². The van der Waals surface area contributed by atoms with E-state index < -0.39 is 5.69 Å². The monoisotopic (exact) mass is 274 g/mol. The lowest BCUT2D eigenvalue weighted by atomic mass is 10.1. The second-order valence-electron chi connectivity index (χ2n) is 3.99. The van der Waals surface area contributed by atoms with E-state index in [1.807, 2.05) is 29.6 Å². The number of rotatable bonds is 2. The first-order valence-corrected chi connectivity index (χ1v) is 6.45. The van der Waals surface area contributed by atoms with Crippen LogP contribution in [0.1, 0.15) is 0 Å². The van der Waals surface area contributed by atoms with Crippen LogP contribution in [-0.4, -0.2) is 17.1 Å². The minimum atomic E-state index is -0.489. The Kier molecular flexibility index (Phi) is 2.72. The molecule has 0 radical (unpaired) electrons. The molecule has 2 N–H and O–H groups in total. The smallest absolute Gasteiger partial charge is 0.326 e. The molecular weight excluding hydrogens is 264 g/mol. The third-order valence-electron chi connectivity index (χ3n) is 2.85. The van der Waals surface area contributed by atoms with Crippen LogP contribution < -0.4 is 16.0 Å². The summed E-state index contributed by atoms with van der Waals surface area (Å²) in [5, 5.41) is 2.35. The first kappa shape index (κ1) is 11.7. The van der Waals surface area contributed by atoms with Gasteiger partial charge in [-0.25, -0.2) is 4.79 Å². The molecule has 0 aliphatic rings. The number of hydrogen-bond acceptors (Lipinski definition) is 4. The number of thiophene rings is 1. The third-order valence-corrected chi connectivity index (χ3v) is 3.75. The van der Waals surface area contributed by atoms with Gasteiger partial charge in [0.2, 0.25) is 0 Å². The van der Waals surface area contributed by atoms with Crippen LogP contribution >= 0.6 is 11.3 Å². The number of aromatic amines is 2. The van der Waals surface area contributed by atoms with E-state index in [0.29, 0.717) is 10.2 Å². The maximum absolute atomic E-state index is 11.9. The zero-order valence-corrected chi connectivity index (χ0v) is 10.8. The predicted molar refractivity (Wildman–Crippen MR) is 75.1 cm³/mol. The van der Waals surface area contributed by atoms with Crippen LogP contribution in [0.25, 0.3) is 21.3 Å². The molecule has 2 aromatic heterocycles. The lowest BCUT2D eigenvalue weighted by Crippen LogP contribution is -2.21. The van der Waals surface area contributed by atoms with Crippen LogP contribution in [0.15, 0.2) is 39.2 Å². The van der Waals surface area contributed by atoms with Crippen molar-refractivity contribution in [1.82, 2.24) is 9.97 Å². The fourth-order valence-corrected chi connectivity index (χ4v) is 2.94. The minimum absolute atomic E-state index is 0.377. The predicted octanol–water partition coefficient (Wildman–Crippen LogP) is 1.95.